The van der Waals surface area contributed by atoms with E-state index in [1.54, 1.807) is 0 Å². The average Bonchev–Trinajstić information content (AvgIpc) is 2.55. The van der Waals surface area contributed by atoms with E-state index in [4.69, 9.17) is 9.47 Å². The number of fused-ring (bicyclic) bond motifs is 1. The number of rotatable bonds is 5. The summed E-state index contributed by atoms with van der Waals surface area (Å²) in [6, 6.07) is 7.21. The molecule has 128 valence electrons. The summed E-state index contributed by atoms with van der Waals surface area (Å²) in [7, 11) is 0. The molecule has 1 fully saturated rings. The SMILES string of the molecule is CC(C)N1CCN(Cc2ccc3c(c2)OCCO3)C[C@@H]1CCO. The van der Waals surface area contributed by atoms with Crippen LogP contribution in [0, 0.1) is 0 Å². The molecule has 0 saturated carbocycles. The Morgan fingerprint density at radius 3 is 2.70 bits per heavy atom. The van der Waals surface area contributed by atoms with E-state index >= 15 is 0 Å². The molecule has 5 heteroatoms. The number of aliphatic hydroxyl groups excluding tert-OH is 1. The Kier molecular flexibility index (Phi) is 5.41. The number of hydrogen-bond donors (Lipinski definition) is 1. The fraction of sp³-hybridized carbons (Fsp3) is 0.667. The summed E-state index contributed by atoms with van der Waals surface area (Å²) in [5.41, 5.74) is 1.26. The Morgan fingerprint density at radius 1 is 1.17 bits per heavy atom. The zero-order valence-electron chi connectivity index (χ0n) is 14.2. The van der Waals surface area contributed by atoms with E-state index in [-0.39, 0.29) is 6.61 Å². The summed E-state index contributed by atoms with van der Waals surface area (Å²) in [4.78, 5) is 4.99. The molecule has 0 radical (unpaired) electrons. The lowest BCUT2D eigenvalue weighted by molar-refractivity contribution is 0.0348. The second kappa shape index (κ2) is 7.51. The lowest BCUT2D eigenvalue weighted by atomic mass is 10.1. The van der Waals surface area contributed by atoms with Crippen molar-refractivity contribution in [3.05, 3.63) is 23.8 Å². The van der Waals surface area contributed by atoms with E-state index in [0.717, 1.165) is 44.1 Å². The fourth-order valence-electron chi connectivity index (χ4n) is 3.61. The van der Waals surface area contributed by atoms with Gasteiger partial charge in [0.25, 0.3) is 0 Å². The highest BCUT2D eigenvalue weighted by Gasteiger charge is 2.28. The van der Waals surface area contributed by atoms with Crippen LogP contribution < -0.4 is 9.47 Å². The maximum Gasteiger partial charge on any atom is 0.161 e. The van der Waals surface area contributed by atoms with Crippen LogP contribution in [0.15, 0.2) is 18.2 Å². The van der Waals surface area contributed by atoms with Crippen LogP contribution >= 0.6 is 0 Å². The van der Waals surface area contributed by atoms with Crippen molar-refractivity contribution >= 4 is 0 Å². The van der Waals surface area contributed by atoms with Crippen LogP contribution in [0.25, 0.3) is 0 Å². The third kappa shape index (κ3) is 3.97. The Labute approximate surface area is 138 Å². The Bertz CT molecular complexity index is 521. The van der Waals surface area contributed by atoms with Crippen LogP contribution in [0.1, 0.15) is 25.8 Å². The normalized spacial score (nSPS) is 22.5. The predicted molar refractivity (Wildman–Crippen MR) is 90.0 cm³/mol. The maximum atomic E-state index is 9.35. The third-order valence-corrected chi connectivity index (χ3v) is 4.75. The molecule has 0 amide bonds. The van der Waals surface area contributed by atoms with E-state index in [0.29, 0.717) is 25.3 Å². The Hall–Kier alpha value is -1.30. The van der Waals surface area contributed by atoms with Gasteiger partial charge in [-0.05, 0) is 38.0 Å². The van der Waals surface area contributed by atoms with E-state index in [1.165, 1.54) is 5.56 Å². The van der Waals surface area contributed by atoms with E-state index in [9.17, 15) is 5.11 Å². The highest BCUT2D eigenvalue weighted by molar-refractivity contribution is 5.43. The molecule has 3 rings (SSSR count). The summed E-state index contributed by atoms with van der Waals surface area (Å²) in [6.45, 7) is 10.0. The van der Waals surface area contributed by atoms with Gasteiger partial charge in [0.1, 0.15) is 13.2 Å². The molecule has 0 spiro atoms. The minimum absolute atomic E-state index is 0.256. The summed E-state index contributed by atoms with van der Waals surface area (Å²) in [6.07, 6.45) is 0.843. The molecule has 0 unspecified atom stereocenters. The van der Waals surface area contributed by atoms with Crippen LogP contribution in [0.5, 0.6) is 11.5 Å². The first-order chi connectivity index (χ1) is 11.2. The lowest BCUT2D eigenvalue weighted by Crippen LogP contribution is -2.55. The van der Waals surface area contributed by atoms with Crippen LogP contribution in [-0.4, -0.2) is 66.4 Å². The lowest BCUT2D eigenvalue weighted by Gasteiger charge is -2.43. The number of hydrogen-bond acceptors (Lipinski definition) is 5. The van der Waals surface area contributed by atoms with Crippen molar-refractivity contribution in [2.24, 2.45) is 0 Å². The number of nitrogens with zero attached hydrogens (tertiary/aromatic N) is 2. The van der Waals surface area contributed by atoms with Crippen molar-refractivity contribution in [1.29, 1.82) is 0 Å². The van der Waals surface area contributed by atoms with Crippen molar-refractivity contribution in [2.75, 3.05) is 39.5 Å². The molecule has 2 aliphatic heterocycles. The molecule has 2 aliphatic rings. The molecule has 0 bridgehead atoms. The first-order valence-electron chi connectivity index (χ1n) is 8.65. The van der Waals surface area contributed by atoms with Crippen LogP contribution in [0.3, 0.4) is 0 Å². The topological polar surface area (TPSA) is 45.2 Å². The van der Waals surface area contributed by atoms with Gasteiger partial charge in [0, 0.05) is 44.9 Å². The number of ether oxygens (including phenoxy) is 2. The van der Waals surface area contributed by atoms with Gasteiger partial charge in [-0.1, -0.05) is 6.07 Å². The molecular weight excluding hydrogens is 292 g/mol. The van der Waals surface area contributed by atoms with E-state index in [1.807, 2.05) is 6.07 Å². The van der Waals surface area contributed by atoms with Gasteiger partial charge in [-0.25, -0.2) is 0 Å². The van der Waals surface area contributed by atoms with Gasteiger partial charge in [0.2, 0.25) is 0 Å². The molecular formula is C18H28N2O3. The minimum atomic E-state index is 0.256. The predicted octanol–water partition coefficient (Wildman–Crippen LogP) is 1.73. The molecule has 1 atom stereocenters. The maximum absolute atomic E-state index is 9.35. The van der Waals surface area contributed by atoms with Crippen LogP contribution in [0.2, 0.25) is 0 Å². The molecule has 5 nitrogen and oxygen atoms in total. The quantitative estimate of drug-likeness (QED) is 0.895. The van der Waals surface area contributed by atoms with Gasteiger partial charge in [0.15, 0.2) is 11.5 Å². The molecule has 23 heavy (non-hydrogen) atoms. The smallest absolute Gasteiger partial charge is 0.161 e. The summed E-state index contributed by atoms with van der Waals surface area (Å²) < 4.78 is 11.3. The molecule has 2 heterocycles. The summed E-state index contributed by atoms with van der Waals surface area (Å²) >= 11 is 0. The van der Waals surface area contributed by atoms with Crippen molar-refractivity contribution < 1.29 is 14.6 Å². The fourth-order valence-corrected chi connectivity index (χ4v) is 3.61. The summed E-state index contributed by atoms with van der Waals surface area (Å²) in [5, 5.41) is 9.35. The van der Waals surface area contributed by atoms with Gasteiger partial charge >= 0.3 is 0 Å². The van der Waals surface area contributed by atoms with E-state index < -0.39 is 0 Å². The van der Waals surface area contributed by atoms with Gasteiger partial charge in [-0.2, -0.15) is 0 Å². The molecule has 0 aliphatic carbocycles. The average molecular weight is 320 g/mol. The van der Waals surface area contributed by atoms with Crippen molar-refractivity contribution in [2.45, 2.75) is 38.9 Å². The second-order valence-electron chi connectivity index (χ2n) is 6.71. The minimum Gasteiger partial charge on any atom is -0.486 e. The van der Waals surface area contributed by atoms with Crippen LogP contribution in [-0.2, 0) is 6.54 Å². The number of piperazine rings is 1. The monoisotopic (exact) mass is 320 g/mol. The molecule has 0 aromatic heterocycles. The number of aliphatic hydroxyl groups is 1. The largest absolute Gasteiger partial charge is 0.486 e. The van der Waals surface area contributed by atoms with Gasteiger partial charge in [0.05, 0.1) is 0 Å². The van der Waals surface area contributed by atoms with Crippen molar-refractivity contribution in [1.82, 2.24) is 9.80 Å². The van der Waals surface area contributed by atoms with Crippen molar-refractivity contribution in [3.8, 4) is 11.5 Å². The first-order valence-corrected chi connectivity index (χ1v) is 8.65. The Morgan fingerprint density at radius 2 is 1.96 bits per heavy atom. The van der Waals surface area contributed by atoms with E-state index in [2.05, 4.69) is 35.8 Å². The highest BCUT2D eigenvalue weighted by Crippen LogP contribution is 2.31. The van der Waals surface area contributed by atoms with Crippen LogP contribution in [0.4, 0.5) is 0 Å². The van der Waals surface area contributed by atoms with Gasteiger partial charge in [-0.15, -0.1) is 0 Å². The Balaban J connectivity index is 1.64. The molecule has 1 N–H and O–H groups in total. The number of benzene rings is 1. The van der Waals surface area contributed by atoms with Crippen molar-refractivity contribution in [3.63, 3.8) is 0 Å². The second-order valence-corrected chi connectivity index (χ2v) is 6.71. The summed E-state index contributed by atoms with van der Waals surface area (Å²) in [5.74, 6) is 1.71. The standard InChI is InChI=1S/C18H28N2O3/c1-14(2)20-7-6-19(13-16(20)5-8-21)12-15-3-4-17-18(11-15)23-10-9-22-17/h3-4,11,14,16,21H,5-10,12-13H2,1-2H3/t16-/m0/s1. The zero-order valence-corrected chi connectivity index (χ0v) is 14.2. The zero-order chi connectivity index (χ0) is 16.2. The van der Waals surface area contributed by atoms with Gasteiger partial charge in [-0.3, -0.25) is 9.80 Å². The molecule has 1 aromatic rings. The van der Waals surface area contributed by atoms with Gasteiger partial charge < -0.3 is 14.6 Å². The first kappa shape index (κ1) is 16.6. The molecule has 1 aromatic carbocycles. The third-order valence-electron chi connectivity index (χ3n) is 4.75. The molecule has 1 saturated heterocycles. The highest BCUT2D eigenvalue weighted by atomic mass is 16.6.